The van der Waals surface area contributed by atoms with Crippen LogP contribution in [0.4, 0.5) is 5.69 Å². The molecule has 0 unspecified atom stereocenters. The van der Waals surface area contributed by atoms with Crippen molar-refractivity contribution in [2.24, 2.45) is 0 Å². The third-order valence-corrected chi connectivity index (χ3v) is 7.88. The van der Waals surface area contributed by atoms with Crippen LogP contribution in [0.5, 0.6) is 5.75 Å². The molecule has 0 saturated carbocycles. The van der Waals surface area contributed by atoms with Crippen molar-refractivity contribution in [1.29, 1.82) is 0 Å². The molecular formula is C31H29ClN2O5S. The van der Waals surface area contributed by atoms with Gasteiger partial charge in [-0.15, -0.1) is 0 Å². The van der Waals surface area contributed by atoms with E-state index in [2.05, 4.69) is 10.0 Å². The normalized spacial score (nSPS) is 12.0. The maximum atomic E-state index is 13.6. The first-order chi connectivity index (χ1) is 19.2. The smallest absolute Gasteiger partial charge is 0.242 e. The van der Waals surface area contributed by atoms with E-state index < -0.39 is 22.0 Å². The summed E-state index contributed by atoms with van der Waals surface area (Å²) in [4.78, 5) is 26.9. The summed E-state index contributed by atoms with van der Waals surface area (Å²) in [7, 11) is -4.10. The Morgan fingerprint density at radius 1 is 0.900 bits per heavy atom. The van der Waals surface area contributed by atoms with Gasteiger partial charge in [0.05, 0.1) is 17.2 Å². The average Bonchev–Trinajstić information content (AvgIpc) is 2.95. The Hall–Kier alpha value is -3.98. The molecule has 206 valence electrons. The van der Waals surface area contributed by atoms with E-state index >= 15 is 0 Å². The number of ether oxygens (including phenoxy) is 1. The number of halogens is 1. The minimum absolute atomic E-state index is 0.00533. The number of rotatable bonds is 11. The van der Waals surface area contributed by atoms with Gasteiger partial charge in [0.15, 0.2) is 5.78 Å². The van der Waals surface area contributed by atoms with Crippen LogP contribution in [0.25, 0.3) is 0 Å². The number of nitrogens with one attached hydrogen (secondary N) is 2. The van der Waals surface area contributed by atoms with Gasteiger partial charge in [0.1, 0.15) is 11.8 Å². The van der Waals surface area contributed by atoms with E-state index in [9.17, 15) is 18.0 Å². The number of sulfonamides is 1. The molecule has 4 aromatic rings. The second kappa shape index (κ2) is 12.9. The van der Waals surface area contributed by atoms with Crippen LogP contribution >= 0.6 is 11.6 Å². The zero-order valence-electron chi connectivity index (χ0n) is 22.1. The topological polar surface area (TPSA) is 102 Å². The molecule has 4 aromatic carbocycles. The third-order valence-electron chi connectivity index (χ3n) is 6.17. The third kappa shape index (κ3) is 7.15. The molecule has 0 fully saturated rings. The first-order valence-electron chi connectivity index (χ1n) is 12.7. The molecule has 0 radical (unpaired) electrons. The molecule has 9 heteroatoms. The predicted molar refractivity (Wildman–Crippen MR) is 157 cm³/mol. The van der Waals surface area contributed by atoms with Crippen molar-refractivity contribution in [2.75, 3.05) is 11.9 Å². The lowest BCUT2D eigenvalue weighted by atomic mass is 10.0. The number of hydrogen-bond acceptors (Lipinski definition) is 5. The van der Waals surface area contributed by atoms with E-state index in [4.69, 9.17) is 16.3 Å². The number of aryl methyl sites for hydroxylation is 1. The predicted octanol–water partition coefficient (Wildman–Crippen LogP) is 5.81. The number of carbonyl (C=O) groups excluding carboxylic acids is 2. The largest absolute Gasteiger partial charge is 0.494 e. The number of anilines is 1. The van der Waals surface area contributed by atoms with Gasteiger partial charge in [-0.1, -0.05) is 72.3 Å². The minimum atomic E-state index is -4.10. The lowest BCUT2D eigenvalue weighted by molar-refractivity contribution is -0.117. The Bertz CT molecular complexity index is 1610. The van der Waals surface area contributed by atoms with Gasteiger partial charge < -0.3 is 10.1 Å². The average molecular weight is 577 g/mol. The fraction of sp³-hybridized carbons (Fsp3) is 0.161. The van der Waals surface area contributed by atoms with Crippen molar-refractivity contribution in [3.63, 3.8) is 0 Å². The molecule has 0 spiro atoms. The maximum Gasteiger partial charge on any atom is 0.242 e. The highest BCUT2D eigenvalue weighted by atomic mass is 35.5. The summed E-state index contributed by atoms with van der Waals surface area (Å²) in [5, 5.41) is 3.08. The Kier molecular flexibility index (Phi) is 9.37. The first-order valence-corrected chi connectivity index (χ1v) is 14.5. The molecular weight excluding hydrogens is 548 g/mol. The van der Waals surface area contributed by atoms with Crippen LogP contribution in [0, 0.1) is 6.92 Å². The highest BCUT2D eigenvalue weighted by Crippen LogP contribution is 2.25. The molecule has 1 atom stereocenters. The van der Waals surface area contributed by atoms with Crippen LogP contribution in [0.1, 0.15) is 34.0 Å². The molecule has 0 aromatic heterocycles. The summed E-state index contributed by atoms with van der Waals surface area (Å²) >= 11 is 6.19. The second-order valence-corrected chi connectivity index (χ2v) is 11.2. The summed E-state index contributed by atoms with van der Waals surface area (Å²) < 4.78 is 34.9. The Balaban J connectivity index is 1.65. The standard InChI is InChI=1S/C31H29ClN2O5S/c1-3-39-29-17-15-25(18-21(29)2)40(37,38)34-28(19-22-10-6-4-7-11-22)31(36)33-27-16-14-24(32)20-26(27)30(35)23-12-8-5-9-13-23/h4-18,20,28,34H,3,19H2,1-2H3,(H,33,36)/t28-/m1/s1. The van der Waals surface area contributed by atoms with Crippen LogP contribution in [0.2, 0.25) is 5.02 Å². The van der Waals surface area contributed by atoms with Gasteiger partial charge in [-0.2, -0.15) is 4.72 Å². The fourth-order valence-corrected chi connectivity index (χ4v) is 5.63. The Morgan fingerprint density at radius 3 is 2.23 bits per heavy atom. The van der Waals surface area contributed by atoms with Gasteiger partial charge in [-0.05, 0) is 67.8 Å². The zero-order chi connectivity index (χ0) is 28.7. The summed E-state index contributed by atoms with van der Waals surface area (Å²) in [6, 6.07) is 25.6. The molecule has 0 bridgehead atoms. The van der Waals surface area contributed by atoms with Crippen molar-refractivity contribution < 1.29 is 22.7 Å². The van der Waals surface area contributed by atoms with Crippen LogP contribution in [0.3, 0.4) is 0 Å². The van der Waals surface area contributed by atoms with Gasteiger partial charge >= 0.3 is 0 Å². The molecule has 0 aliphatic rings. The quantitative estimate of drug-likeness (QED) is 0.220. The summed E-state index contributed by atoms with van der Waals surface area (Å²) in [6.07, 6.45) is 0.0808. The minimum Gasteiger partial charge on any atom is -0.494 e. The van der Waals surface area contributed by atoms with E-state index in [0.717, 1.165) is 5.56 Å². The maximum absolute atomic E-state index is 13.6. The van der Waals surface area contributed by atoms with Gasteiger partial charge in [0.2, 0.25) is 15.9 Å². The molecule has 7 nitrogen and oxygen atoms in total. The van der Waals surface area contributed by atoms with E-state index in [1.165, 1.54) is 24.3 Å². The van der Waals surface area contributed by atoms with Crippen LogP contribution in [0.15, 0.2) is 102 Å². The highest BCUT2D eigenvalue weighted by Gasteiger charge is 2.28. The van der Waals surface area contributed by atoms with Crippen LogP contribution < -0.4 is 14.8 Å². The lowest BCUT2D eigenvalue weighted by Gasteiger charge is -2.20. The Labute approximate surface area is 239 Å². The molecule has 0 aliphatic heterocycles. The second-order valence-electron chi connectivity index (χ2n) is 9.10. The summed E-state index contributed by atoms with van der Waals surface area (Å²) in [6.45, 7) is 4.05. The molecule has 40 heavy (non-hydrogen) atoms. The SMILES string of the molecule is CCOc1ccc(S(=O)(=O)N[C@H](Cc2ccccc2)C(=O)Nc2ccc(Cl)cc2C(=O)c2ccccc2)cc1C. The fourth-order valence-electron chi connectivity index (χ4n) is 4.18. The summed E-state index contributed by atoms with van der Waals surface area (Å²) in [5.41, 5.74) is 2.24. The van der Waals surface area contributed by atoms with Crippen molar-refractivity contribution in [3.05, 3.63) is 124 Å². The number of carbonyl (C=O) groups is 2. The molecule has 4 rings (SSSR count). The highest BCUT2D eigenvalue weighted by molar-refractivity contribution is 7.89. The number of benzene rings is 4. The van der Waals surface area contributed by atoms with Gasteiger partial charge in [-0.25, -0.2) is 8.42 Å². The Morgan fingerprint density at radius 2 is 1.57 bits per heavy atom. The lowest BCUT2D eigenvalue weighted by Crippen LogP contribution is -2.45. The monoisotopic (exact) mass is 576 g/mol. The summed E-state index contributed by atoms with van der Waals surface area (Å²) in [5.74, 6) is -0.374. The van der Waals surface area contributed by atoms with Gasteiger partial charge in [0.25, 0.3) is 0 Å². The van der Waals surface area contributed by atoms with Crippen molar-refractivity contribution in [1.82, 2.24) is 4.72 Å². The van der Waals surface area contributed by atoms with E-state index in [0.29, 0.717) is 28.5 Å². The molecule has 2 N–H and O–H groups in total. The van der Waals surface area contributed by atoms with E-state index in [1.54, 1.807) is 49.4 Å². The van der Waals surface area contributed by atoms with Gasteiger partial charge in [0, 0.05) is 16.1 Å². The van der Waals surface area contributed by atoms with Crippen LogP contribution in [-0.2, 0) is 21.2 Å². The van der Waals surface area contributed by atoms with E-state index in [1.807, 2.05) is 37.3 Å². The van der Waals surface area contributed by atoms with Gasteiger partial charge in [-0.3, -0.25) is 9.59 Å². The zero-order valence-corrected chi connectivity index (χ0v) is 23.6. The van der Waals surface area contributed by atoms with Crippen molar-refractivity contribution >= 4 is 39.0 Å². The van der Waals surface area contributed by atoms with Crippen molar-refractivity contribution in [2.45, 2.75) is 31.2 Å². The van der Waals surface area contributed by atoms with E-state index in [-0.39, 0.29) is 28.4 Å². The number of amides is 1. The molecule has 0 saturated heterocycles. The number of ketones is 1. The number of hydrogen-bond donors (Lipinski definition) is 2. The molecule has 0 heterocycles. The molecule has 0 aliphatic carbocycles. The van der Waals surface area contributed by atoms with Crippen LogP contribution in [-0.4, -0.2) is 32.8 Å². The first kappa shape index (κ1) is 29.0. The van der Waals surface area contributed by atoms with Crippen molar-refractivity contribution in [3.8, 4) is 5.75 Å². The molecule has 1 amide bonds.